The highest BCUT2D eigenvalue weighted by molar-refractivity contribution is 8.00. The summed E-state index contributed by atoms with van der Waals surface area (Å²) in [6.07, 6.45) is 0.787. The van der Waals surface area contributed by atoms with Gasteiger partial charge in [0.05, 0.1) is 40.6 Å². The van der Waals surface area contributed by atoms with Gasteiger partial charge in [0.2, 0.25) is 17.6 Å². The minimum atomic E-state index is -4.56. The van der Waals surface area contributed by atoms with E-state index in [1.54, 1.807) is 18.2 Å². The van der Waals surface area contributed by atoms with Crippen LogP contribution in [0.4, 0.5) is 23.2 Å². The monoisotopic (exact) mass is 613 g/mol. The number of hydrogen-bond donors (Lipinski definition) is 2. The summed E-state index contributed by atoms with van der Waals surface area (Å²) < 4.78 is 73.5. The zero-order valence-corrected chi connectivity index (χ0v) is 23.5. The van der Waals surface area contributed by atoms with Crippen LogP contribution in [0.3, 0.4) is 0 Å². The van der Waals surface area contributed by atoms with E-state index in [4.69, 9.17) is 14.0 Å². The molecule has 6 atom stereocenters. The molecule has 2 N–H and O–H groups in total. The van der Waals surface area contributed by atoms with Crippen LogP contribution in [0.2, 0.25) is 0 Å². The zero-order chi connectivity index (χ0) is 28.5. The number of thioether (sulfide) groups is 1. The Hall–Kier alpha value is -2.46. The number of alkyl halides is 4. The van der Waals surface area contributed by atoms with Crippen LogP contribution in [0.5, 0.6) is 0 Å². The molecule has 0 saturated carbocycles. The number of carbonyl (C=O) groups excluding carboxylic acids is 1. The summed E-state index contributed by atoms with van der Waals surface area (Å²) in [5.41, 5.74) is -3.99. The van der Waals surface area contributed by atoms with E-state index in [1.165, 1.54) is 7.11 Å². The van der Waals surface area contributed by atoms with Gasteiger partial charge in [0.1, 0.15) is 18.3 Å². The number of fused-ring (bicyclic) bond motifs is 3. The Balaban J connectivity index is 1.20. The number of nitrogens with one attached hydrogen (secondary N) is 2. The van der Waals surface area contributed by atoms with Gasteiger partial charge in [-0.05, 0) is 37.1 Å². The number of hydrogen-bond acceptors (Lipinski definition) is 10. The fraction of sp³-hybridized carbons (Fsp3) is 0.577. The van der Waals surface area contributed by atoms with Gasteiger partial charge in [-0.1, -0.05) is 17.3 Å². The number of ether oxygens (including phenoxy) is 2. The predicted octanol–water partition coefficient (Wildman–Crippen LogP) is 4.89. The number of anilines is 1. The molecule has 1 amide bonds. The molecule has 4 saturated heterocycles. The van der Waals surface area contributed by atoms with Gasteiger partial charge in [-0.3, -0.25) is 9.69 Å². The van der Waals surface area contributed by atoms with Crippen molar-refractivity contribution < 1.29 is 36.4 Å². The van der Waals surface area contributed by atoms with Crippen molar-refractivity contribution in [3.63, 3.8) is 0 Å². The first kappa shape index (κ1) is 27.4. The molecule has 7 rings (SSSR count). The molecule has 0 radical (unpaired) electrons. The largest absolute Gasteiger partial charge is 0.446 e. The van der Waals surface area contributed by atoms with E-state index in [1.807, 2.05) is 0 Å². The third-order valence-corrected chi connectivity index (χ3v) is 10.7. The van der Waals surface area contributed by atoms with Crippen LogP contribution < -0.4 is 10.6 Å². The molecule has 6 heterocycles. The first-order valence-corrected chi connectivity index (χ1v) is 15.1. The number of piperidine rings is 1. The molecule has 0 spiro atoms. The molecule has 4 aliphatic rings. The summed E-state index contributed by atoms with van der Waals surface area (Å²) in [4.78, 5) is 18.8. The third kappa shape index (κ3) is 4.88. The summed E-state index contributed by atoms with van der Waals surface area (Å²) in [6.45, 7) is 1.26. The topological polar surface area (TPSA) is 102 Å². The Morgan fingerprint density at radius 2 is 2.05 bits per heavy atom. The SMILES string of the molecule is CO[C@H]1C[C@H](c2nc(-c3sc4c(N[C@@H]5C[C@H]6CC[C@@H]([C@@H]5F)N6C5COC5)cccc4c3SC(F)(F)F)no2)NC1=O. The Labute approximate surface area is 240 Å². The summed E-state index contributed by atoms with van der Waals surface area (Å²) in [7, 11) is 1.41. The molecule has 4 aliphatic heterocycles. The van der Waals surface area contributed by atoms with Crippen LogP contribution >= 0.6 is 23.1 Å². The second-order valence-corrected chi connectivity index (χ2v) is 12.9. The Morgan fingerprint density at radius 3 is 2.76 bits per heavy atom. The zero-order valence-electron chi connectivity index (χ0n) is 21.8. The van der Waals surface area contributed by atoms with Crippen molar-refractivity contribution in [2.24, 2.45) is 0 Å². The molecule has 1 aromatic carbocycles. The van der Waals surface area contributed by atoms with Gasteiger partial charge in [0.15, 0.2) is 0 Å². The number of benzene rings is 1. The van der Waals surface area contributed by atoms with Gasteiger partial charge in [-0.2, -0.15) is 18.2 Å². The third-order valence-electron chi connectivity index (χ3n) is 8.44. The molecule has 9 nitrogen and oxygen atoms in total. The molecule has 41 heavy (non-hydrogen) atoms. The van der Waals surface area contributed by atoms with E-state index in [0.717, 1.165) is 24.2 Å². The second kappa shape index (κ2) is 10.4. The van der Waals surface area contributed by atoms with Crippen molar-refractivity contribution in [2.45, 2.75) is 78.6 Å². The van der Waals surface area contributed by atoms with E-state index in [0.29, 0.717) is 35.4 Å². The van der Waals surface area contributed by atoms with E-state index in [-0.39, 0.29) is 63.7 Å². The lowest BCUT2D eigenvalue weighted by Gasteiger charge is -2.48. The van der Waals surface area contributed by atoms with E-state index >= 15 is 4.39 Å². The summed E-state index contributed by atoms with van der Waals surface area (Å²) in [6, 6.07) is 4.31. The first-order chi connectivity index (χ1) is 19.7. The number of carbonyl (C=O) groups is 1. The lowest BCUT2D eigenvalue weighted by Crippen LogP contribution is -2.62. The van der Waals surface area contributed by atoms with Crippen LogP contribution in [0.15, 0.2) is 27.6 Å². The number of nitrogens with zero attached hydrogens (tertiary/aromatic N) is 3. The molecule has 3 aromatic rings. The maximum atomic E-state index is 15.8. The van der Waals surface area contributed by atoms with E-state index in [2.05, 4.69) is 25.7 Å². The number of rotatable bonds is 7. The van der Waals surface area contributed by atoms with Crippen LogP contribution in [-0.2, 0) is 14.3 Å². The molecular weight excluding hydrogens is 586 g/mol. The van der Waals surface area contributed by atoms with Gasteiger partial charge in [-0.25, -0.2) is 4.39 Å². The molecule has 0 unspecified atom stereocenters. The standard InChI is InChI=1S/C26H27F4N5O4S2/c1-37-18-8-16(32-24(18)36)25-33-23(34-39-25)22-21(41-26(28,29)30)13-3-2-4-14(20(13)40-22)31-15-7-11-5-6-17(19(15)27)35(11)12-9-38-10-12/h2-4,11-12,15-19,31H,5-10H2,1H3,(H,32,36)/t11-,15-,16-,17+,18+,19-/m1/s1. The molecular formula is C26H27F4N5O4S2. The van der Waals surface area contributed by atoms with Gasteiger partial charge in [0, 0.05) is 35.9 Å². The minimum absolute atomic E-state index is 0.00791. The molecule has 0 aliphatic carbocycles. The number of halogens is 4. The summed E-state index contributed by atoms with van der Waals surface area (Å²) in [5.74, 6) is -0.243. The minimum Gasteiger partial charge on any atom is -0.378 e. The fourth-order valence-electron chi connectivity index (χ4n) is 6.54. The van der Waals surface area contributed by atoms with Crippen molar-refractivity contribution in [1.82, 2.24) is 20.4 Å². The lowest BCUT2D eigenvalue weighted by molar-refractivity contribution is -0.127. The van der Waals surface area contributed by atoms with Crippen LogP contribution in [0, 0.1) is 0 Å². The highest BCUT2D eigenvalue weighted by Crippen LogP contribution is 2.51. The highest BCUT2D eigenvalue weighted by atomic mass is 32.2. The van der Waals surface area contributed by atoms with Crippen molar-refractivity contribution >= 4 is 44.8 Å². The van der Waals surface area contributed by atoms with Crippen molar-refractivity contribution in [3.05, 3.63) is 24.1 Å². The summed E-state index contributed by atoms with van der Waals surface area (Å²) in [5, 5.41) is 10.4. The number of thiophene rings is 1. The molecule has 15 heteroatoms. The van der Waals surface area contributed by atoms with Crippen LogP contribution in [0.25, 0.3) is 20.8 Å². The Bertz CT molecular complexity index is 1460. The van der Waals surface area contributed by atoms with Crippen molar-refractivity contribution in [1.29, 1.82) is 0 Å². The quantitative estimate of drug-likeness (QED) is 0.285. The number of aromatic nitrogens is 2. The average molecular weight is 614 g/mol. The Morgan fingerprint density at radius 1 is 1.22 bits per heavy atom. The smallest absolute Gasteiger partial charge is 0.378 e. The van der Waals surface area contributed by atoms with Gasteiger partial charge in [-0.15, -0.1) is 11.3 Å². The average Bonchev–Trinajstić information content (AvgIpc) is 3.66. The Kier molecular flexibility index (Phi) is 6.92. The maximum absolute atomic E-state index is 15.8. The molecule has 2 bridgehead atoms. The molecule has 2 aromatic heterocycles. The van der Waals surface area contributed by atoms with Crippen LogP contribution in [0.1, 0.15) is 37.6 Å². The van der Waals surface area contributed by atoms with Gasteiger partial charge < -0.3 is 24.6 Å². The lowest BCUT2D eigenvalue weighted by atomic mass is 9.93. The second-order valence-electron chi connectivity index (χ2n) is 10.8. The van der Waals surface area contributed by atoms with Gasteiger partial charge in [0.25, 0.3) is 0 Å². The first-order valence-electron chi connectivity index (χ1n) is 13.4. The van der Waals surface area contributed by atoms with Crippen molar-refractivity contribution in [2.75, 3.05) is 25.6 Å². The maximum Gasteiger partial charge on any atom is 0.446 e. The molecule has 220 valence electrons. The molecule has 4 fully saturated rings. The van der Waals surface area contributed by atoms with Crippen LogP contribution in [-0.4, -0.2) is 83.2 Å². The normalized spacial score (nSPS) is 30.6. The van der Waals surface area contributed by atoms with Gasteiger partial charge >= 0.3 is 5.51 Å². The van der Waals surface area contributed by atoms with E-state index < -0.39 is 29.9 Å². The fourth-order valence-corrected chi connectivity index (χ4v) is 8.65. The number of methoxy groups -OCH3 is 1. The predicted molar refractivity (Wildman–Crippen MR) is 144 cm³/mol. The van der Waals surface area contributed by atoms with Crippen molar-refractivity contribution in [3.8, 4) is 10.7 Å². The number of amides is 1. The van der Waals surface area contributed by atoms with E-state index in [9.17, 15) is 18.0 Å². The highest BCUT2D eigenvalue weighted by Gasteiger charge is 2.51. The summed E-state index contributed by atoms with van der Waals surface area (Å²) >= 11 is 0.863.